The monoisotopic (exact) mass is 581 g/mol. The fourth-order valence-corrected chi connectivity index (χ4v) is 3.65. The summed E-state index contributed by atoms with van der Waals surface area (Å²) >= 11 is 0. The van der Waals surface area contributed by atoms with Gasteiger partial charge in [0.25, 0.3) is 0 Å². The Morgan fingerprint density at radius 1 is 0.810 bits per heavy atom. The maximum Gasteiger partial charge on any atom is 0.408 e. The lowest BCUT2D eigenvalue weighted by Gasteiger charge is -2.23. The molecule has 13 heteroatoms. The number of methoxy groups -OCH3 is 1. The van der Waals surface area contributed by atoms with E-state index in [1.54, 1.807) is 32.9 Å². The van der Waals surface area contributed by atoms with Gasteiger partial charge in [-0.1, -0.05) is 65.9 Å². The van der Waals surface area contributed by atoms with E-state index >= 15 is 0 Å². The molecule has 2 atom stereocenters. The molecule has 0 radical (unpaired) electrons. The van der Waals surface area contributed by atoms with E-state index in [4.69, 9.17) is 18.9 Å². The van der Waals surface area contributed by atoms with Gasteiger partial charge in [0.2, 0.25) is 0 Å². The predicted molar refractivity (Wildman–Crippen MR) is 149 cm³/mol. The fraction of sp³-hybridized carbons (Fsp3) is 0.379. The number of rotatable bonds is 12. The van der Waals surface area contributed by atoms with Gasteiger partial charge < -0.3 is 29.6 Å². The molecule has 1 heterocycles. The van der Waals surface area contributed by atoms with Crippen LogP contribution >= 0.6 is 0 Å². The van der Waals surface area contributed by atoms with Crippen molar-refractivity contribution in [3.05, 3.63) is 83.7 Å². The molecule has 13 nitrogen and oxygen atoms in total. The molecule has 3 aromatic rings. The van der Waals surface area contributed by atoms with E-state index in [9.17, 15) is 19.2 Å². The smallest absolute Gasteiger partial charge is 0.408 e. The minimum absolute atomic E-state index is 0.0213. The zero-order chi connectivity index (χ0) is 30.5. The van der Waals surface area contributed by atoms with E-state index in [-0.39, 0.29) is 31.9 Å². The summed E-state index contributed by atoms with van der Waals surface area (Å²) in [6.45, 7) is 4.80. The molecule has 0 saturated carbocycles. The molecule has 2 N–H and O–H groups in total. The minimum atomic E-state index is -1.12. The Morgan fingerprint density at radius 3 is 2.05 bits per heavy atom. The molecule has 224 valence electrons. The van der Waals surface area contributed by atoms with Crippen molar-refractivity contribution in [3.63, 3.8) is 0 Å². The molecule has 0 aliphatic heterocycles. The summed E-state index contributed by atoms with van der Waals surface area (Å²) < 4.78 is 22.0. The lowest BCUT2D eigenvalue weighted by atomic mass is 10.1. The van der Waals surface area contributed by atoms with Gasteiger partial charge in [-0.15, -0.1) is 5.10 Å². The normalized spacial score (nSPS) is 12.4. The van der Waals surface area contributed by atoms with Crippen LogP contribution in [-0.4, -0.2) is 63.9 Å². The molecule has 2 amide bonds. The van der Waals surface area contributed by atoms with Gasteiger partial charge in [0.05, 0.1) is 19.9 Å². The second-order valence-corrected chi connectivity index (χ2v) is 10.2. The first-order valence-electron chi connectivity index (χ1n) is 13.2. The lowest BCUT2D eigenvalue weighted by Crippen LogP contribution is -2.45. The Labute approximate surface area is 243 Å². The quantitative estimate of drug-likeness (QED) is 0.240. The minimum Gasteiger partial charge on any atom is -0.467 e. The number of hydrogen-bond donors (Lipinski definition) is 2. The number of nitrogens with zero attached hydrogens (tertiary/aromatic N) is 3. The highest BCUT2D eigenvalue weighted by Gasteiger charge is 2.27. The van der Waals surface area contributed by atoms with Gasteiger partial charge in [-0.25, -0.2) is 23.9 Å². The van der Waals surface area contributed by atoms with Crippen LogP contribution in [0.5, 0.6) is 0 Å². The van der Waals surface area contributed by atoms with Crippen molar-refractivity contribution < 1.29 is 38.1 Å². The molecule has 0 aliphatic rings. The summed E-state index contributed by atoms with van der Waals surface area (Å²) in [5.41, 5.74) is 1.11. The highest BCUT2D eigenvalue weighted by molar-refractivity contribution is 5.82. The molecular formula is C29H35N5O8. The summed E-state index contributed by atoms with van der Waals surface area (Å²) in [5.74, 6) is -1.42. The van der Waals surface area contributed by atoms with Crippen molar-refractivity contribution in [3.8, 4) is 0 Å². The highest BCUT2D eigenvalue weighted by atomic mass is 16.6. The van der Waals surface area contributed by atoms with Crippen LogP contribution < -0.4 is 10.6 Å². The Bertz CT molecular complexity index is 1320. The molecule has 0 saturated heterocycles. The van der Waals surface area contributed by atoms with Gasteiger partial charge >= 0.3 is 24.1 Å². The molecule has 0 bridgehead atoms. The molecule has 42 heavy (non-hydrogen) atoms. The molecule has 0 unspecified atom stereocenters. The van der Waals surface area contributed by atoms with Crippen LogP contribution in [0.15, 0.2) is 66.9 Å². The number of alkyl carbamates (subject to hydrolysis) is 2. The van der Waals surface area contributed by atoms with Crippen molar-refractivity contribution >= 4 is 24.1 Å². The second kappa shape index (κ2) is 15.2. The van der Waals surface area contributed by atoms with Crippen LogP contribution in [0.3, 0.4) is 0 Å². The van der Waals surface area contributed by atoms with Gasteiger partial charge in [0, 0.05) is 6.42 Å². The molecular weight excluding hydrogens is 546 g/mol. The number of amides is 2. The third kappa shape index (κ3) is 10.9. The standard InChI is InChI=1S/C29H35N5O8/c1-29(2,3)42-28(38)30-23(15-20-11-7-5-8-12-20)26(36)40-19-22-16-34(33-32-22)17-24(25(35)39-4)31-27(37)41-18-21-13-9-6-10-14-21/h5-14,16,23-24H,15,17-19H2,1-4H3,(H,30,38)(H,31,37)/t23-,24-/m0/s1. The van der Waals surface area contributed by atoms with Crippen molar-refractivity contribution in [2.45, 2.75) is 64.6 Å². The third-order valence-electron chi connectivity index (χ3n) is 5.57. The van der Waals surface area contributed by atoms with E-state index < -0.39 is 41.8 Å². The van der Waals surface area contributed by atoms with Crippen molar-refractivity contribution in [1.82, 2.24) is 25.6 Å². The molecule has 0 spiro atoms. The first-order valence-corrected chi connectivity index (χ1v) is 13.2. The largest absolute Gasteiger partial charge is 0.467 e. The van der Waals surface area contributed by atoms with E-state index in [0.29, 0.717) is 0 Å². The summed E-state index contributed by atoms with van der Waals surface area (Å²) in [4.78, 5) is 49.9. The van der Waals surface area contributed by atoms with Crippen LogP contribution in [0.4, 0.5) is 9.59 Å². The first-order chi connectivity index (χ1) is 20.0. The molecule has 1 aromatic heterocycles. The Kier molecular flexibility index (Phi) is 11.4. The van der Waals surface area contributed by atoms with Crippen LogP contribution in [-0.2, 0) is 54.7 Å². The number of benzene rings is 2. The van der Waals surface area contributed by atoms with Crippen LogP contribution in [0.25, 0.3) is 0 Å². The average Bonchev–Trinajstić information content (AvgIpc) is 3.41. The van der Waals surface area contributed by atoms with Gasteiger partial charge in [-0.3, -0.25) is 0 Å². The zero-order valence-corrected chi connectivity index (χ0v) is 23.9. The predicted octanol–water partition coefficient (Wildman–Crippen LogP) is 2.93. The van der Waals surface area contributed by atoms with Crippen molar-refractivity contribution in [1.29, 1.82) is 0 Å². The molecule has 3 rings (SSSR count). The SMILES string of the molecule is COC(=O)[C@H](Cn1cc(COC(=O)[C@H](Cc2ccccc2)NC(=O)OC(C)(C)C)nn1)NC(=O)OCc1ccccc1. The number of esters is 2. The highest BCUT2D eigenvalue weighted by Crippen LogP contribution is 2.10. The van der Waals surface area contributed by atoms with Crippen molar-refractivity contribution in [2.75, 3.05) is 7.11 Å². The number of ether oxygens (including phenoxy) is 4. The number of carbonyl (C=O) groups is 4. The summed E-state index contributed by atoms with van der Waals surface area (Å²) in [5, 5.41) is 12.9. The van der Waals surface area contributed by atoms with Crippen LogP contribution in [0.1, 0.15) is 37.6 Å². The first kappa shape index (κ1) is 31.6. The Hall–Kier alpha value is -4.94. The van der Waals surface area contributed by atoms with Crippen LogP contribution in [0.2, 0.25) is 0 Å². The summed E-state index contributed by atoms with van der Waals surface area (Å²) in [6, 6.07) is 16.1. The molecule has 2 aromatic carbocycles. The average molecular weight is 582 g/mol. The summed E-state index contributed by atoms with van der Waals surface area (Å²) in [7, 11) is 1.19. The van der Waals surface area contributed by atoms with E-state index in [1.807, 2.05) is 48.5 Å². The van der Waals surface area contributed by atoms with Crippen molar-refractivity contribution in [2.24, 2.45) is 0 Å². The zero-order valence-electron chi connectivity index (χ0n) is 23.9. The number of carbonyl (C=O) groups excluding carboxylic acids is 4. The fourth-order valence-electron chi connectivity index (χ4n) is 3.65. The summed E-state index contributed by atoms with van der Waals surface area (Å²) in [6.07, 6.45) is 0.0621. The second-order valence-electron chi connectivity index (χ2n) is 10.2. The topological polar surface area (TPSA) is 160 Å². The van der Waals surface area contributed by atoms with Gasteiger partial charge in [0.1, 0.15) is 36.6 Å². The number of aromatic nitrogens is 3. The third-order valence-corrected chi connectivity index (χ3v) is 5.57. The van der Waals surface area contributed by atoms with E-state index in [0.717, 1.165) is 11.1 Å². The van der Waals surface area contributed by atoms with Gasteiger partial charge in [-0.2, -0.15) is 0 Å². The number of nitrogens with one attached hydrogen (secondary N) is 2. The maximum absolute atomic E-state index is 13.0. The Morgan fingerprint density at radius 2 is 1.43 bits per heavy atom. The van der Waals surface area contributed by atoms with Crippen LogP contribution in [0, 0.1) is 0 Å². The molecule has 0 aliphatic carbocycles. The Balaban J connectivity index is 1.58. The van der Waals surface area contributed by atoms with Gasteiger partial charge in [0.15, 0.2) is 0 Å². The maximum atomic E-state index is 13.0. The number of hydrogen-bond acceptors (Lipinski definition) is 10. The van der Waals surface area contributed by atoms with Gasteiger partial charge in [-0.05, 0) is 31.9 Å². The van der Waals surface area contributed by atoms with E-state index in [2.05, 4.69) is 20.9 Å². The van der Waals surface area contributed by atoms with E-state index in [1.165, 1.54) is 18.0 Å². The lowest BCUT2D eigenvalue weighted by molar-refractivity contribution is -0.147. The molecule has 0 fully saturated rings.